The van der Waals surface area contributed by atoms with Crippen molar-refractivity contribution in [3.05, 3.63) is 35.4 Å². The first-order valence-corrected chi connectivity index (χ1v) is 5.67. The molecule has 1 unspecified atom stereocenters. The second-order valence-corrected chi connectivity index (χ2v) is 4.04. The summed E-state index contributed by atoms with van der Waals surface area (Å²) in [6.45, 7) is 2.44. The number of ether oxygens (including phenoxy) is 1. The lowest BCUT2D eigenvalue weighted by atomic mass is 10.1. The second kappa shape index (κ2) is 6.76. The molecule has 0 aliphatic rings. The van der Waals surface area contributed by atoms with Gasteiger partial charge in [0.15, 0.2) is 0 Å². The molecule has 1 amide bonds. The van der Waals surface area contributed by atoms with Gasteiger partial charge in [0.1, 0.15) is 0 Å². The Morgan fingerprint density at radius 2 is 2.06 bits per heavy atom. The summed E-state index contributed by atoms with van der Waals surface area (Å²) in [4.78, 5) is 22.6. The molecule has 0 aromatic heterocycles. The summed E-state index contributed by atoms with van der Waals surface area (Å²) < 4.78 is 4.92. The van der Waals surface area contributed by atoms with Gasteiger partial charge in [0.25, 0.3) is 5.91 Å². The number of carboxylic acids is 1. The topological polar surface area (TPSA) is 75.6 Å². The first kappa shape index (κ1) is 14.2. The summed E-state index contributed by atoms with van der Waals surface area (Å²) in [7, 11) is 1.60. The zero-order chi connectivity index (χ0) is 13.5. The number of aromatic carboxylic acids is 1. The zero-order valence-electron chi connectivity index (χ0n) is 10.5. The van der Waals surface area contributed by atoms with Crippen LogP contribution >= 0.6 is 0 Å². The van der Waals surface area contributed by atoms with Crippen LogP contribution in [0.2, 0.25) is 0 Å². The fourth-order valence-corrected chi connectivity index (χ4v) is 1.47. The number of benzene rings is 1. The highest BCUT2D eigenvalue weighted by Gasteiger charge is 2.11. The fraction of sp³-hybridized carbons (Fsp3) is 0.385. The second-order valence-electron chi connectivity index (χ2n) is 4.04. The third-order valence-electron chi connectivity index (χ3n) is 2.50. The lowest BCUT2D eigenvalue weighted by molar-refractivity contribution is 0.0697. The van der Waals surface area contributed by atoms with Gasteiger partial charge in [-0.2, -0.15) is 0 Å². The molecule has 18 heavy (non-hydrogen) atoms. The third-order valence-corrected chi connectivity index (χ3v) is 2.50. The molecule has 0 saturated carbocycles. The molecule has 1 atom stereocenters. The number of rotatable bonds is 6. The lowest BCUT2D eigenvalue weighted by Crippen LogP contribution is -2.33. The van der Waals surface area contributed by atoms with Crippen LogP contribution in [-0.4, -0.2) is 36.7 Å². The average Bonchev–Trinajstić information content (AvgIpc) is 2.36. The predicted molar refractivity (Wildman–Crippen MR) is 66.8 cm³/mol. The van der Waals surface area contributed by atoms with Crippen molar-refractivity contribution in [2.24, 2.45) is 0 Å². The Bertz CT molecular complexity index is 431. The smallest absolute Gasteiger partial charge is 0.335 e. The highest BCUT2D eigenvalue weighted by atomic mass is 16.5. The van der Waals surface area contributed by atoms with Crippen LogP contribution in [0.3, 0.4) is 0 Å². The van der Waals surface area contributed by atoms with Gasteiger partial charge in [0.2, 0.25) is 0 Å². The highest BCUT2D eigenvalue weighted by Crippen LogP contribution is 2.06. The minimum atomic E-state index is -1.04. The summed E-state index contributed by atoms with van der Waals surface area (Å²) in [5, 5.41) is 11.6. The number of carbonyl (C=O) groups excluding carboxylic acids is 1. The molecule has 1 aromatic rings. The van der Waals surface area contributed by atoms with Gasteiger partial charge in [-0.05, 0) is 31.5 Å². The van der Waals surface area contributed by atoms with Crippen molar-refractivity contribution in [1.82, 2.24) is 5.32 Å². The molecule has 0 aliphatic heterocycles. The van der Waals surface area contributed by atoms with E-state index in [9.17, 15) is 9.59 Å². The Hall–Kier alpha value is -1.88. The van der Waals surface area contributed by atoms with E-state index in [2.05, 4.69) is 5.32 Å². The summed E-state index contributed by atoms with van der Waals surface area (Å²) >= 11 is 0. The molecule has 0 bridgehead atoms. The quantitative estimate of drug-likeness (QED) is 0.804. The molecule has 0 spiro atoms. The average molecular weight is 251 g/mol. The number of amides is 1. The van der Waals surface area contributed by atoms with Crippen LogP contribution < -0.4 is 5.32 Å². The van der Waals surface area contributed by atoms with Crippen molar-refractivity contribution in [2.45, 2.75) is 19.4 Å². The van der Waals surface area contributed by atoms with Gasteiger partial charge in [-0.1, -0.05) is 6.07 Å². The van der Waals surface area contributed by atoms with Crippen molar-refractivity contribution in [3.8, 4) is 0 Å². The third kappa shape index (κ3) is 4.18. The number of carboxylic acid groups (broad SMARTS) is 1. The highest BCUT2D eigenvalue weighted by molar-refractivity contribution is 5.97. The molecular formula is C13H17NO4. The van der Waals surface area contributed by atoms with E-state index < -0.39 is 5.97 Å². The first-order valence-electron chi connectivity index (χ1n) is 5.67. The standard InChI is InChI=1S/C13H17NO4/c1-9(6-7-18-2)14-12(15)10-4-3-5-11(8-10)13(16)17/h3-5,8-9H,6-7H2,1-2H3,(H,14,15)(H,16,17). The van der Waals surface area contributed by atoms with Crippen LogP contribution in [0.4, 0.5) is 0 Å². The molecule has 2 N–H and O–H groups in total. The Morgan fingerprint density at radius 1 is 1.39 bits per heavy atom. The van der Waals surface area contributed by atoms with Crippen LogP contribution in [-0.2, 0) is 4.74 Å². The van der Waals surface area contributed by atoms with Crippen LogP contribution in [0.5, 0.6) is 0 Å². The fourth-order valence-electron chi connectivity index (χ4n) is 1.47. The molecule has 0 fully saturated rings. The Morgan fingerprint density at radius 3 is 2.67 bits per heavy atom. The van der Waals surface area contributed by atoms with E-state index in [0.29, 0.717) is 18.6 Å². The van der Waals surface area contributed by atoms with E-state index in [0.717, 1.165) is 0 Å². The zero-order valence-corrected chi connectivity index (χ0v) is 10.5. The molecule has 0 radical (unpaired) electrons. The van der Waals surface area contributed by atoms with E-state index >= 15 is 0 Å². The molecule has 1 rings (SSSR count). The van der Waals surface area contributed by atoms with Gasteiger partial charge in [0.05, 0.1) is 5.56 Å². The molecule has 5 nitrogen and oxygen atoms in total. The molecular weight excluding hydrogens is 234 g/mol. The van der Waals surface area contributed by atoms with Crippen molar-refractivity contribution < 1.29 is 19.4 Å². The monoisotopic (exact) mass is 251 g/mol. The molecule has 0 saturated heterocycles. The van der Waals surface area contributed by atoms with E-state index in [1.54, 1.807) is 19.2 Å². The number of hydrogen-bond donors (Lipinski definition) is 2. The minimum Gasteiger partial charge on any atom is -0.478 e. The molecule has 1 aromatic carbocycles. The molecule has 0 heterocycles. The summed E-state index contributed by atoms with van der Waals surface area (Å²) in [6, 6.07) is 5.93. The van der Waals surface area contributed by atoms with Gasteiger partial charge in [-0.25, -0.2) is 4.79 Å². The normalized spacial score (nSPS) is 11.9. The maximum Gasteiger partial charge on any atom is 0.335 e. The number of methoxy groups -OCH3 is 1. The van der Waals surface area contributed by atoms with Crippen molar-refractivity contribution in [3.63, 3.8) is 0 Å². The van der Waals surface area contributed by atoms with Crippen molar-refractivity contribution in [1.29, 1.82) is 0 Å². The van der Waals surface area contributed by atoms with E-state index in [4.69, 9.17) is 9.84 Å². The van der Waals surface area contributed by atoms with Gasteiger partial charge in [-0.3, -0.25) is 4.79 Å². The summed E-state index contributed by atoms with van der Waals surface area (Å²) in [5.41, 5.74) is 0.450. The van der Waals surface area contributed by atoms with Crippen molar-refractivity contribution in [2.75, 3.05) is 13.7 Å². The number of carbonyl (C=O) groups is 2. The number of hydrogen-bond acceptors (Lipinski definition) is 3. The minimum absolute atomic E-state index is 0.0223. The molecule has 5 heteroatoms. The van der Waals surface area contributed by atoms with Gasteiger partial charge in [-0.15, -0.1) is 0 Å². The SMILES string of the molecule is COCCC(C)NC(=O)c1cccc(C(=O)O)c1. The predicted octanol–water partition coefficient (Wildman–Crippen LogP) is 1.54. The largest absolute Gasteiger partial charge is 0.478 e. The van der Waals surface area contributed by atoms with Crippen LogP contribution in [0.1, 0.15) is 34.1 Å². The Balaban J connectivity index is 2.66. The van der Waals surface area contributed by atoms with E-state index in [-0.39, 0.29) is 17.5 Å². The van der Waals surface area contributed by atoms with Crippen LogP contribution in [0.25, 0.3) is 0 Å². The maximum absolute atomic E-state index is 11.8. The van der Waals surface area contributed by atoms with E-state index in [1.165, 1.54) is 12.1 Å². The Labute approximate surface area is 106 Å². The van der Waals surface area contributed by atoms with Crippen molar-refractivity contribution >= 4 is 11.9 Å². The van der Waals surface area contributed by atoms with Crippen LogP contribution in [0.15, 0.2) is 24.3 Å². The summed E-state index contributed by atoms with van der Waals surface area (Å²) in [5.74, 6) is -1.32. The van der Waals surface area contributed by atoms with Gasteiger partial charge < -0.3 is 15.2 Å². The molecule has 0 aliphatic carbocycles. The van der Waals surface area contributed by atoms with Gasteiger partial charge >= 0.3 is 5.97 Å². The Kier molecular flexibility index (Phi) is 5.32. The van der Waals surface area contributed by atoms with E-state index in [1.807, 2.05) is 6.92 Å². The molecule has 98 valence electrons. The van der Waals surface area contributed by atoms with Crippen LogP contribution in [0, 0.1) is 0 Å². The number of nitrogens with one attached hydrogen (secondary N) is 1. The van der Waals surface area contributed by atoms with Gasteiger partial charge in [0, 0.05) is 25.3 Å². The maximum atomic E-state index is 11.8. The first-order chi connectivity index (χ1) is 8.54. The summed E-state index contributed by atoms with van der Waals surface area (Å²) in [6.07, 6.45) is 0.709. The lowest BCUT2D eigenvalue weighted by Gasteiger charge is -2.13.